The molecule has 0 saturated carbocycles. The summed E-state index contributed by atoms with van der Waals surface area (Å²) in [6.45, 7) is 4.64. The Kier molecular flexibility index (Phi) is 9.00. The lowest BCUT2D eigenvalue weighted by Gasteiger charge is -2.38. The summed E-state index contributed by atoms with van der Waals surface area (Å²) in [5, 5.41) is 26.0. The Bertz CT molecular complexity index is 856. The second-order valence-electron chi connectivity index (χ2n) is 9.64. The third kappa shape index (κ3) is 7.55. The molecule has 1 amide bonds. The van der Waals surface area contributed by atoms with Crippen LogP contribution in [0.15, 0.2) is 24.3 Å². The number of alkyl halides is 3. The number of likely N-dealkylation sites (tertiary alicyclic amines) is 2. The third-order valence-corrected chi connectivity index (χ3v) is 7.14. The molecule has 1 unspecified atom stereocenters. The highest BCUT2D eigenvalue weighted by Crippen LogP contribution is 2.42. The fourth-order valence-electron chi connectivity index (χ4n) is 5.10. The molecule has 1 aromatic carbocycles. The molecule has 0 bridgehead atoms. The normalized spacial score (nSPS) is 24.3. The van der Waals surface area contributed by atoms with E-state index in [1.54, 1.807) is 12.1 Å². The van der Waals surface area contributed by atoms with Crippen molar-refractivity contribution in [3.63, 3.8) is 0 Å². The van der Waals surface area contributed by atoms with Gasteiger partial charge in [0, 0.05) is 25.7 Å². The summed E-state index contributed by atoms with van der Waals surface area (Å²) in [6.07, 6.45) is 0.910. The Labute approximate surface area is 202 Å². The molecular weight excluding hydrogens is 469 g/mol. The largest absolute Gasteiger partial charge is 0.508 e. The van der Waals surface area contributed by atoms with Crippen LogP contribution in [-0.2, 0) is 20.7 Å². The van der Waals surface area contributed by atoms with Crippen LogP contribution < -0.4 is 0 Å². The van der Waals surface area contributed by atoms with E-state index in [1.807, 2.05) is 17.0 Å². The van der Waals surface area contributed by atoms with Gasteiger partial charge in [-0.3, -0.25) is 9.69 Å². The zero-order valence-corrected chi connectivity index (χ0v) is 19.5. The number of halogens is 3. The van der Waals surface area contributed by atoms with E-state index >= 15 is 0 Å². The molecule has 3 fully saturated rings. The number of phenolic OH excluding ortho intramolecular Hbond substituents is 1. The van der Waals surface area contributed by atoms with E-state index in [-0.39, 0.29) is 29.8 Å². The van der Waals surface area contributed by atoms with Crippen molar-refractivity contribution >= 4 is 11.9 Å². The Morgan fingerprint density at radius 1 is 1.11 bits per heavy atom. The van der Waals surface area contributed by atoms with Crippen molar-refractivity contribution in [3.8, 4) is 5.75 Å². The molecule has 3 N–H and O–H groups in total. The molecule has 0 radical (unpaired) electrons. The number of amides is 1. The van der Waals surface area contributed by atoms with Gasteiger partial charge in [0.2, 0.25) is 5.91 Å². The Morgan fingerprint density at radius 3 is 2.31 bits per heavy atom. The summed E-state index contributed by atoms with van der Waals surface area (Å²) >= 11 is 0. The van der Waals surface area contributed by atoms with Crippen LogP contribution in [0, 0.1) is 5.41 Å². The molecule has 3 aliphatic heterocycles. The highest BCUT2D eigenvalue weighted by molar-refractivity contribution is 5.79. The number of carboxylic acids is 1. The zero-order valence-electron chi connectivity index (χ0n) is 19.5. The fraction of sp³-hybridized carbons (Fsp3) is 0.667. The number of aliphatic hydroxyl groups excluding tert-OH is 1. The van der Waals surface area contributed by atoms with Crippen LogP contribution in [0.2, 0.25) is 0 Å². The molecule has 3 heterocycles. The number of aliphatic hydroxyl groups is 1. The summed E-state index contributed by atoms with van der Waals surface area (Å²) < 4.78 is 37.9. The second kappa shape index (κ2) is 11.6. The molecule has 0 aliphatic carbocycles. The van der Waals surface area contributed by atoms with Gasteiger partial charge in [0.15, 0.2) is 0 Å². The van der Waals surface area contributed by atoms with Crippen LogP contribution in [0.4, 0.5) is 13.2 Å². The number of benzene rings is 1. The maximum Gasteiger partial charge on any atom is 0.490 e. The molecule has 11 heteroatoms. The molecule has 1 spiro atoms. The van der Waals surface area contributed by atoms with Crippen molar-refractivity contribution in [1.82, 2.24) is 9.80 Å². The lowest BCUT2D eigenvalue weighted by molar-refractivity contribution is -0.192. The van der Waals surface area contributed by atoms with E-state index in [9.17, 15) is 28.2 Å². The summed E-state index contributed by atoms with van der Waals surface area (Å²) in [4.78, 5) is 25.9. The number of hydrogen-bond acceptors (Lipinski definition) is 6. The van der Waals surface area contributed by atoms with Gasteiger partial charge in [0.25, 0.3) is 0 Å². The molecule has 8 nitrogen and oxygen atoms in total. The number of phenols is 1. The van der Waals surface area contributed by atoms with Crippen LogP contribution in [-0.4, -0.2) is 94.7 Å². The summed E-state index contributed by atoms with van der Waals surface area (Å²) in [7, 11) is 0. The monoisotopic (exact) mass is 502 g/mol. The van der Waals surface area contributed by atoms with Crippen LogP contribution in [0.25, 0.3) is 0 Å². The quantitative estimate of drug-likeness (QED) is 0.567. The molecule has 3 saturated heterocycles. The van der Waals surface area contributed by atoms with Gasteiger partial charge in [-0.2, -0.15) is 13.2 Å². The number of aromatic hydroxyl groups is 1. The minimum Gasteiger partial charge on any atom is -0.508 e. The van der Waals surface area contributed by atoms with Gasteiger partial charge in [-0.05, 0) is 61.8 Å². The van der Waals surface area contributed by atoms with Crippen molar-refractivity contribution < 1.29 is 42.8 Å². The van der Waals surface area contributed by atoms with Gasteiger partial charge in [-0.25, -0.2) is 4.79 Å². The SMILES string of the molecule is O=C(Cc1ccc(O)cc1)N1CCC2(CC1)COC(CN1CCC[C@H]1CO)C2.O=C(O)C(F)(F)F. The predicted molar refractivity (Wildman–Crippen MR) is 120 cm³/mol. The fourth-order valence-corrected chi connectivity index (χ4v) is 5.10. The lowest BCUT2D eigenvalue weighted by atomic mass is 9.76. The first-order chi connectivity index (χ1) is 16.5. The highest BCUT2D eigenvalue weighted by atomic mass is 19.4. The van der Waals surface area contributed by atoms with Crippen molar-refractivity contribution in [1.29, 1.82) is 0 Å². The van der Waals surface area contributed by atoms with Crippen LogP contribution in [0.3, 0.4) is 0 Å². The topological polar surface area (TPSA) is 111 Å². The molecule has 196 valence electrons. The van der Waals surface area contributed by atoms with Gasteiger partial charge in [-0.15, -0.1) is 0 Å². The molecular formula is C24H33F3N2O6. The van der Waals surface area contributed by atoms with Gasteiger partial charge in [-0.1, -0.05) is 12.1 Å². The highest BCUT2D eigenvalue weighted by Gasteiger charge is 2.44. The molecule has 0 aromatic heterocycles. The number of rotatable bonds is 5. The number of nitrogens with zero attached hydrogens (tertiary/aromatic N) is 2. The summed E-state index contributed by atoms with van der Waals surface area (Å²) in [6, 6.07) is 7.19. The van der Waals surface area contributed by atoms with Gasteiger partial charge < -0.3 is 25.0 Å². The molecule has 4 rings (SSSR count). The van der Waals surface area contributed by atoms with Crippen LogP contribution >= 0.6 is 0 Å². The second-order valence-corrected chi connectivity index (χ2v) is 9.64. The van der Waals surface area contributed by atoms with E-state index in [1.165, 1.54) is 6.42 Å². The molecule has 3 aliphatic rings. The zero-order chi connectivity index (χ0) is 25.6. The smallest absolute Gasteiger partial charge is 0.490 e. The number of hydrogen-bond donors (Lipinski definition) is 3. The number of carboxylic acid groups (broad SMARTS) is 1. The van der Waals surface area contributed by atoms with Crippen molar-refractivity contribution in [2.24, 2.45) is 5.41 Å². The third-order valence-electron chi connectivity index (χ3n) is 7.14. The maximum absolute atomic E-state index is 12.6. The lowest BCUT2D eigenvalue weighted by Crippen LogP contribution is -2.44. The average Bonchev–Trinajstić information content (AvgIpc) is 3.42. The van der Waals surface area contributed by atoms with Crippen LogP contribution in [0.1, 0.15) is 37.7 Å². The first-order valence-corrected chi connectivity index (χ1v) is 11.8. The minimum atomic E-state index is -5.08. The molecule has 1 aromatic rings. The van der Waals surface area contributed by atoms with Crippen molar-refractivity contribution in [2.45, 2.75) is 56.8 Å². The maximum atomic E-state index is 12.6. The van der Waals surface area contributed by atoms with Crippen molar-refractivity contribution in [3.05, 3.63) is 29.8 Å². The van der Waals surface area contributed by atoms with Crippen LogP contribution in [0.5, 0.6) is 5.75 Å². The number of piperidine rings is 1. The number of ether oxygens (including phenoxy) is 1. The number of carbonyl (C=O) groups is 2. The van der Waals surface area contributed by atoms with E-state index in [0.29, 0.717) is 12.5 Å². The Balaban J connectivity index is 0.000000429. The van der Waals surface area contributed by atoms with Gasteiger partial charge >= 0.3 is 12.1 Å². The Morgan fingerprint density at radius 2 is 1.74 bits per heavy atom. The Hall–Kier alpha value is -2.37. The minimum absolute atomic E-state index is 0.166. The van der Waals surface area contributed by atoms with Gasteiger partial charge in [0.1, 0.15) is 5.75 Å². The van der Waals surface area contributed by atoms with E-state index < -0.39 is 12.1 Å². The first-order valence-electron chi connectivity index (χ1n) is 11.8. The molecule has 2 atom stereocenters. The predicted octanol–water partition coefficient (Wildman–Crippen LogP) is 2.42. The molecule has 35 heavy (non-hydrogen) atoms. The van der Waals surface area contributed by atoms with E-state index in [0.717, 1.165) is 64.0 Å². The first kappa shape index (κ1) is 27.2. The van der Waals surface area contributed by atoms with E-state index in [2.05, 4.69) is 4.90 Å². The standard InChI is InChI=1S/C22H32N2O4.C2HF3O2/c25-15-18-2-1-9-24(18)14-20-13-22(16-28-20)7-10-23(11-8-22)21(27)12-17-3-5-19(26)6-4-17;3-2(4,5)1(6)7/h3-6,18,20,25-26H,1-2,7-16H2;(H,6,7)/t18-,20?;/m0./s1. The summed E-state index contributed by atoms with van der Waals surface area (Å²) in [5.41, 5.74) is 1.16. The van der Waals surface area contributed by atoms with Gasteiger partial charge in [0.05, 0.1) is 25.7 Å². The van der Waals surface area contributed by atoms with Crippen molar-refractivity contribution in [2.75, 3.05) is 39.4 Å². The number of carbonyl (C=O) groups excluding carboxylic acids is 1. The van der Waals surface area contributed by atoms with E-state index in [4.69, 9.17) is 14.6 Å². The summed E-state index contributed by atoms with van der Waals surface area (Å²) in [5.74, 6) is -2.36. The average molecular weight is 503 g/mol. The number of aliphatic carboxylic acids is 1.